The number of anilines is 6. The van der Waals surface area contributed by atoms with Crippen molar-refractivity contribution in [2.75, 3.05) is 9.80 Å². The summed E-state index contributed by atoms with van der Waals surface area (Å²) >= 11 is 7.07. The third-order valence-corrected chi connectivity index (χ3v) is 10.7. The number of hydrogen-bond donors (Lipinski definition) is 0. The van der Waals surface area contributed by atoms with Gasteiger partial charge in [0.2, 0.25) is 0 Å². The van der Waals surface area contributed by atoms with Gasteiger partial charge in [-0.15, -0.1) is 0 Å². The largest absolute Gasteiger partial charge is 0.310 e. The average molecular weight is 787 g/mol. The van der Waals surface area contributed by atoms with Crippen LogP contribution in [0.5, 0.6) is 0 Å². The van der Waals surface area contributed by atoms with E-state index >= 15 is 8.78 Å². The highest BCUT2D eigenvalue weighted by Crippen LogP contribution is 2.44. The quantitative estimate of drug-likeness (QED) is 0.136. The Hall–Kier alpha value is -7.27. The molecule has 9 aromatic carbocycles. The van der Waals surface area contributed by atoms with E-state index in [1.807, 2.05) is 174 Å². The summed E-state index contributed by atoms with van der Waals surface area (Å²) in [6, 6.07) is 72.1. The van der Waals surface area contributed by atoms with Crippen LogP contribution < -0.4 is 9.80 Å². The van der Waals surface area contributed by atoms with Gasteiger partial charge >= 0.3 is 0 Å². The van der Waals surface area contributed by atoms with Crippen LogP contribution in [0.2, 0.25) is 5.02 Å². The van der Waals surface area contributed by atoms with E-state index in [1.54, 1.807) is 12.1 Å². The standard InChI is InChI=1S/C54H37ClF2N2/c55-44-33-49(58(45-25-21-40(22-26-45)38-13-5-1-6-14-38)47-29-31-51(53(56)36-47)42-17-9-3-10-18-42)35-50(34-44)59(46-27-23-41(24-28-46)39-15-7-2-8-16-39)48-30-32-52(54(57)37-48)43-19-11-4-12-20-43/h1-37H. The zero-order chi connectivity index (χ0) is 40.1. The molecular formula is C54H37ClF2N2. The van der Waals surface area contributed by atoms with E-state index < -0.39 is 0 Å². The molecule has 9 rings (SSSR count). The molecule has 59 heavy (non-hydrogen) atoms. The van der Waals surface area contributed by atoms with Gasteiger partial charge in [-0.3, -0.25) is 0 Å². The van der Waals surface area contributed by atoms with Crippen LogP contribution in [0.1, 0.15) is 0 Å². The van der Waals surface area contributed by atoms with Crippen molar-refractivity contribution >= 4 is 45.7 Å². The first-order chi connectivity index (χ1) is 29.0. The van der Waals surface area contributed by atoms with E-state index in [1.165, 1.54) is 0 Å². The van der Waals surface area contributed by atoms with Crippen molar-refractivity contribution in [2.24, 2.45) is 0 Å². The second kappa shape index (κ2) is 16.7. The molecule has 0 aromatic heterocycles. The minimum Gasteiger partial charge on any atom is -0.310 e. The number of halogens is 3. The Bertz CT molecular complexity index is 2640. The molecule has 2 nitrogen and oxygen atoms in total. The molecule has 9 aromatic rings. The van der Waals surface area contributed by atoms with E-state index in [2.05, 4.69) is 48.5 Å². The SMILES string of the molecule is Fc1cc(N(c2ccc(-c3ccccc3)cc2)c2cc(Cl)cc(N(c3ccc(-c4ccccc4)cc3)c3ccc(-c4ccccc4)c(F)c3)c2)ccc1-c1ccccc1. The third-order valence-electron chi connectivity index (χ3n) is 10.4. The van der Waals surface area contributed by atoms with Crippen LogP contribution in [-0.2, 0) is 0 Å². The number of nitrogens with zero attached hydrogens (tertiary/aromatic N) is 2. The monoisotopic (exact) mass is 786 g/mol. The second-order valence-electron chi connectivity index (χ2n) is 14.2. The van der Waals surface area contributed by atoms with Crippen molar-refractivity contribution in [3.63, 3.8) is 0 Å². The van der Waals surface area contributed by atoms with Crippen molar-refractivity contribution in [2.45, 2.75) is 0 Å². The number of hydrogen-bond acceptors (Lipinski definition) is 2. The van der Waals surface area contributed by atoms with Crippen LogP contribution in [0.25, 0.3) is 44.5 Å². The Balaban J connectivity index is 1.19. The maximum Gasteiger partial charge on any atom is 0.133 e. The van der Waals surface area contributed by atoms with Gasteiger partial charge in [-0.2, -0.15) is 0 Å². The van der Waals surface area contributed by atoms with Gasteiger partial charge in [-0.05, 0) is 112 Å². The molecule has 0 radical (unpaired) electrons. The van der Waals surface area contributed by atoms with E-state index in [0.717, 1.165) is 44.8 Å². The van der Waals surface area contributed by atoms with Crippen LogP contribution in [0.3, 0.4) is 0 Å². The predicted octanol–water partition coefficient (Wildman–Crippen LogP) is 16.2. The van der Waals surface area contributed by atoms with Gasteiger partial charge in [-0.25, -0.2) is 8.78 Å². The molecule has 0 unspecified atom stereocenters. The van der Waals surface area contributed by atoms with Crippen molar-refractivity contribution in [1.82, 2.24) is 0 Å². The molecule has 0 amide bonds. The lowest BCUT2D eigenvalue weighted by Gasteiger charge is -2.30. The van der Waals surface area contributed by atoms with Gasteiger partial charge in [0.1, 0.15) is 11.6 Å². The van der Waals surface area contributed by atoms with Gasteiger partial charge in [0.05, 0.1) is 0 Å². The molecule has 0 aliphatic rings. The first-order valence-electron chi connectivity index (χ1n) is 19.4. The topological polar surface area (TPSA) is 6.48 Å². The molecule has 0 fully saturated rings. The first kappa shape index (κ1) is 37.3. The molecule has 284 valence electrons. The van der Waals surface area contributed by atoms with Crippen molar-refractivity contribution in [3.05, 3.63) is 241 Å². The predicted molar refractivity (Wildman–Crippen MR) is 242 cm³/mol. The third kappa shape index (κ3) is 8.00. The van der Waals surface area contributed by atoms with Crippen molar-refractivity contribution in [1.29, 1.82) is 0 Å². The lowest BCUT2D eigenvalue weighted by Crippen LogP contribution is -2.14. The molecule has 0 aliphatic heterocycles. The van der Waals surface area contributed by atoms with E-state index in [4.69, 9.17) is 11.6 Å². The van der Waals surface area contributed by atoms with Crippen molar-refractivity contribution < 1.29 is 8.78 Å². The molecule has 0 aliphatic carbocycles. The van der Waals surface area contributed by atoms with E-state index in [0.29, 0.717) is 38.9 Å². The molecule has 0 saturated heterocycles. The summed E-state index contributed by atoms with van der Waals surface area (Å²) < 4.78 is 32.4. The van der Waals surface area contributed by atoms with Crippen LogP contribution in [-0.4, -0.2) is 0 Å². The highest BCUT2D eigenvalue weighted by molar-refractivity contribution is 6.31. The van der Waals surface area contributed by atoms with Crippen LogP contribution in [0.15, 0.2) is 224 Å². The highest BCUT2D eigenvalue weighted by Gasteiger charge is 2.21. The second-order valence-corrected chi connectivity index (χ2v) is 14.7. The minimum atomic E-state index is -0.351. The van der Waals surface area contributed by atoms with Crippen LogP contribution >= 0.6 is 11.6 Å². The summed E-state index contributed by atoms with van der Waals surface area (Å²) in [5.74, 6) is -0.702. The summed E-state index contributed by atoms with van der Waals surface area (Å²) in [5.41, 5.74) is 11.1. The molecule has 0 spiro atoms. The van der Waals surface area contributed by atoms with E-state index in [-0.39, 0.29) is 11.6 Å². The summed E-state index contributed by atoms with van der Waals surface area (Å²) in [7, 11) is 0. The Kier molecular flexibility index (Phi) is 10.5. The fourth-order valence-corrected chi connectivity index (χ4v) is 7.79. The zero-order valence-corrected chi connectivity index (χ0v) is 32.6. The fourth-order valence-electron chi connectivity index (χ4n) is 7.57. The zero-order valence-electron chi connectivity index (χ0n) is 31.9. The molecule has 0 N–H and O–H groups in total. The molecule has 0 atom stereocenters. The smallest absolute Gasteiger partial charge is 0.133 e. The first-order valence-corrected chi connectivity index (χ1v) is 19.8. The molecule has 0 bridgehead atoms. The number of benzene rings is 9. The fraction of sp³-hybridized carbons (Fsp3) is 0. The Morgan fingerprint density at radius 1 is 0.271 bits per heavy atom. The normalized spacial score (nSPS) is 11.0. The van der Waals surface area contributed by atoms with Gasteiger partial charge in [0, 0.05) is 50.3 Å². The molecule has 0 saturated carbocycles. The Labute approximate surface area is 348 Å². The lowest BCUT2D eigenvalue weighted by atomic mass is 10.0. The highest BCUT2D eigenvalue weighted by atomic mass is 35.5. The molecule has 0 heterocycles. The maximum atomic E-state index is 16.2. The van der Waals surface area contributed by atoms with Crippen LogP contribution in [0, 0.1) is 11.6 Å². The Morgan fingerprint density at radius 2 is 0.576 bits per heavy atom. The minimum absolute atomic E-state index is 0.351. The summed E-state index contributed by atoms with van der Waals surface area (Å²) in [6.45, 7) is 0. The summed E-state index contributed by atoms with van der Waals surface area (Å²) in [5, 5.41) is 0.456. The maximum absolute atomic E-state index is 16.2. The van der Waals surface area contributed by atoms with Gasteiger partial charge < -0.3 is 9.80 Å². The van der Waals surface area contributed by atoms with Crippen LogP contribution in [0.4, 0.5) is 42.9 Å². The van der Waals surface area contributed by atoms with Crippen molar-refractivity contribution in [3.8, 4) is 44.5 Å². The lowest BCUT2D eigenvalue weighted by molar-refractivity contribution is 0.631. The number of rotatable bonds is 10. The van der Waals surface area contributed by atoms with Gasteiger partial charge in [0.15, 0.2) is 0 Å². The summed E-state index contributed by atoms with van der Waals surface area (Å²) in [4.78, 5) is 4.00. The summed E-state index contributed by atoms with van der Waals surface area (Å²) in [6.07, 6.45) is 0. The Morgan fingerprint density at radius 3 is 0.915 bits per heavy atom. The molecule has 5 heteroatoms. The molecular weight excluding hydrogens is 750 g/mol. The average Bonchev–Trinajstić information content (AvgIpc) is 3.28. The van der Waals surface area contributed by atoms with Gasteiger partial charge in [-0.1, -0.05) is 157 Å². The van der Waals surface area contributed by atoms with Gasteiger partial charge in [0.25, 0.3) is 0 Å². The van der Waals surface area contributed by atoms with E-state index in [9.17, 15) is 0 Å².